The number of allylic oxidation sites excluding steroid dienone is 12. The molecule has 3 N–H and O–H groups in total. The van der Waals surface area contributed by atoms with Gasteiger partial charge < -0.3 is 20.3 Å². The highest BCUT2D eigenvalue weighted by Gasteiger charge is 2.24. The second kappa shape index (κ2) is 58.2. The van der Waals surface area contributed by atoms with Gasteiger partial charge in [-0.15, -0.1) is 0 Å². The van der Waals surface area contributed by atoms with E-state index in [9.17, 15) is 19.8 Å². The minimum absolute atomic E-state index is 0.0487. The first kappa shape index (κ1) is 68.3. The van der Waals surface area contributed by atoms with Crippen molar-refractivity contribution in [3.8, 4) is 0 Å². The van der Waals surface area contributed by atoms with Crippen molar-refractivity contribution in [2.24, 2.45) is 0 Å². The number of esters is 1. The number of ether oxygens (including phenoxy) is 1. The Balaban J connectivity index is 4.60. The molecule has 0 radical (unpaired) electrons. The molecule has 0 aromatic heterocycles. The zero-order valence-corrected chi connectivity index (χ0v) is 47.1. The van der Waals surface area contributed by atoms with E-state index in [0.29, 0.717) is 19.3 Å². The summed E-state index contributed by atoms with van der Waals surface area (Å²) < 4.78 is 5.96. The van der Waals surface area contributed by atoms with Crippen LogP contribution in [0.1, 0.15) is 303 Å². The fourth-order valence-corrected chi connectivity index (χ4v) is 9.18. The Morgan fingerprint density at radius 1 is 0.423 bits per heavy atom. The summed E-state index contributed by atoms with van der Waals surface area (Å²) in [6.07, 6.45) is 75.4. The summed E-state index contributed by atoms with van der Waals surface area (Å²) in [5, 5.41) is 23.9. The van der Waals surface area contributed by atoms with Gasteiger partial charge in [0.05, 0.1) is 25.2 Å². The van der Waals surface area contributed by atoms with Gasteiger partial charge in [0.2, 0.25) is 5.91 Å². The molecule has 0 bridgehead atoms. The molecule has 0 aliphatic carbocycles. The van der Waals surface area contributed by atoms with Gasteiger partial charge in [0.1, 0.15) is 6.10 Å². The van der Waals surface area contributed by atoms with E-state index < -0.39 is 18.2 Å². The predicted octanol–water partition coefficient (Wildman–Crippen LogP) is 19.3. The number of carbonyl (C=O) groups excluding carboxylic acids is 2. The second-order valence-corrected chi connectivity index (χ2v) is 20.8. The minimum atomic E-state index is -0.804. The van der Waals surface area contributed by atoms with Crippen molar-refractivity contribution >= 4 is 11.9 Å². The molecule has 71 heavy (non-hydrogen) atoms. The normalized spacial score (nSPS) is 13.6. The molecule has 6 heteroatoms. The van der Waals surface area contributed by atoms with E-state index in [-0.39, 0.29) is 24.9 Å². The van der Waals surface area contributed by atoms with Crippen LogP contribution >= 0.6 is 0 Å². The summed E-state index contributed by atoms with van der Waals surface area (Å²) in [6, 6.07) is -0.720. The van der Waals surface area contributed by atoms with Gasteiger partial charge in [0.25, 0.3) is 0 Å². The van der Waals surface area contributed by atoms with Crippen molar-refractivity contribution in [1.82, 2.24) is 5.32 Å². The highest BCUT2D eigenvalue weighted by molar-refractivity contribution is 5.77. The van der Waals surface area contributed by atoms with Crippen molar-refractivity contribution in [2.45, 2.75) is 322 Å². The Kier molecular flexibility index (Phi) is 56.0. The molecule has 1 amide bonds. The highest BCUT2D eigenvalue weighted by atomic mass is 16.5. The fourth-order valence-electron chi connectivity index (χ4n) is 9.18. The lowest BCUT2D eigenvalue weighted by atomic mass is 10.0. The third-order valence-electron chi connectivity index (χ3n) is 13.9. The quantitative estimate of drug-likeness (QED) is 0.0244. The molecule has 3 unspecified atom stereocenters. The molecule has 0 aromatic rings. The summed E-state index contributed by atoms with van der Waals surface area (Å²) in [4.78, 5) is 26.3. The molecule has 412 valence electrons. The lowest BCUT2D eigenvalue weighted by Crippen LogP contribution is -2.46. The van der Waals surface area contributed by atoms with Gasteiger partial charge >= 0.3 is 5.97 Å². The molecule has 3 atom stereocenters. The second-order valence-electron chi connectivity index (χ2n) is 20.8. The van der Waals surface area contributed by atoms with Crippen LogP contribution < -0.4 is 5.32 Å². The van der Waals surface area contributed by atoms with Crippen molar-refractivity contribution in [1.29, 1.82) is 0 Å². The number of aliphatic hydroxyl groups is 2. The summed E-state index contributed by atoms with van der Waals surface area (Å²) >= 11 is 0. The number of aliphatic hydroxyl groups excluding tert-OH is 2. The van der Waals surface area contributed by atoms with Crippen molar-refractivity contribution in [2.75, 3.05) is 6.61 Å². The Morgan fingerprint density at radius 3 is 1.24 bits per heavy atom. The number of amides is 1. The number of hydrogen-bond donors (Lipinski definition) is 3. The molecule has 0 aliphatic heterocycles. The SMILES string of the molecule is CCCCC/C=C\C/C=C\CCCCCCCCCCCC(=O)OC(CCCCC/C=C/C=C/C=C/C=C/CCCCC)CC(=O)NC(CO)C(O)CCCCCCCCCCCCCCCCCCC. The van der Waals surface area contributed by atoms with Gasteiger partial charge in [-0.05, 0) is 83.5 Å². The maximum Gasteiger partial charge on any atom is 0.306 e. The Morgan fingerprint density at radius 2 is 0.775 bits per heavy atom. The van der Waals surface area contributed by atoms with Crippen molar-refractivity contribution < 1.29 is 24.5 Å². The maximum absolute atomic E-state index is 13.3. The summed E-state index contributed by atoms with van der Waals surface area (Å²) in [7, 11) is 0. The molecular weight excluding hydrogens is 875 g/mol. The maximum atomic E-state index is 13.3. The van der Waals surface area contributed by atoms with Crippen LogP contribution in [0.4, 0.5) is 0 Å². The van der Waals surface area contributed by atoms with Crippen molar-refractivity contribution in [3.05, 3.63) is 72.9 Å². The molecule has 0 saturated carbocycles. The molecule has 0 fully saturated rings. The molecular formula is C65H117NO5. The third-order valence-corrected chi connectivity index (χ3v) is 13.9. The summed E-state index contributed by atoms with van der Waals surface area (Å²) in [6.45, 7) is 6.44. The smallest absolute Gasteiger partial charge is 0.306 e. The predicted molar refractivity (Wildman–Crippen MR) is 310 cm³/mol. The number of unbranched alkanes of at least 4 members (excludes halogenated alkanes) is 34. The monoisotopic (exact) mass is 992 g/mol. The Hall–Kier alpha value is -2.70. The molecule has 0 rings (SSSR count). The molecule has 0 saturated heterocycles. The van der Waals surface area contributed by atoms with Gasteiger partial charge in [-0.25, -0.2) is 0 Å². The van der Waals surface area contributed by atoms with Crippen LogP contribution in [0, 0.1) is 0 Å². The number of nitrogens with one attached hydrogen (secondary N) is 1. The van der Waals surface area contributed by atoms with Gasteiger partial charge in [0, 0.05) is 6.42 Å². The largest absolute Gasteiger partial charge is 0.462 e. The lowest BCUT2D eigenvalue weighted by Gasteiger charge is -2.24. The number of rotatable bonds is 55. The Bertz CT molecular complexity index is 1300. The fraction of sp³-hybridized carbons (Fsp3) is 0.785. The van der Waals surface area contributed by atoms with E-state index in [4.69, 9.17) is 4.74 Å². The van der Waals surface area contributed by atoms with Crippen LogP contribution in [0.5, 0.6) is 0 Å². The standard InChI is InChI=1S/C65H117NO5/c1-4-7-10-13-16-19-22-25-28-31-32-34-37-40-43-46-49-52-55-58-65(70)71-61(56-53-50-47-44-41-38-35-30-27-24-21-18-15-12-9-6-3)59-64(69)66-62(60-67)63(68)57-54-51-48-45-42-39-36-33-29-26-23-20-17-14-11-8-5-2/h16,18-19,21,24-25,27-28,30,35,38,41,61-63,67-68H,4-15,17,20,22-23,26,29,31-34,36-37,39-40,42-60H2,1-3H3,(H,66,69)/b19-16-,21-18+,27-24+,28-25-,35-30+,41-38+. The zero-order valence-electron chi connectivity index (χ0n) is 47.1. The van der Waals surface area contributed by atoms with Crippen LogP contribution in [-0.2, 0) is 14.3 Å². The van der Waals surface area contributed by atoms with Gasteiger partial charge in [-0.3, -0.25) is 9.59 Å². The van der Waals surface area contributed by atoms with E-state index in [2.05, 4.69) is 99.0 Å². The van der Waals surface area contributed by atoms with Crippen LogP contribution in [0.25, 0.3) is 0 Å². The molecule has 0 spiro atoms. The zero-order chi connectivity index (χ0) is 51.6. The molecule has 6 nitrogen and oxygen atoms in total. The van der Waals surface area contributed by atoms with Crippen LogP contribution in [0.15, 0.2) is 72.9 Å². The van der Waals surface area contributed by atoms with Crippen LogP contribution in [0.3, 0.4) is 0 Å². The summed E-state index contributed by atoms with van der Waals surface area (Å²) in [5.74, 6) is -0.510. The van der Waals surface area contributed by atoms with E-state index in [1.54, 1.807) is 0 Å². The highest BCUT2D eigenvalue weighted by Crippen LogP contribution is 2.18. The number of hydrogen-bond acceptors (Lipinski definition) is 5. The average molecular weight is 993 g/mol. The average Bonchev–Trinajstić information content (AvgIpc) is 3.36. The van der Waals surface area contributed by atoms with E-state index in [1.807, 2.05) is 0 Å². The lowest BCUT2D eigenvalue weighted by molar-refractivity contribution is -0.151. The van der Waals surface area contributed by atoms with Gasteiger partial charge in [-0.2, -0.15) is 0 Å². The molecule has 0 aromatic carbocycles. The molecule has 0 heterocycles. The molecule has 0 aliphatic rings. The summed E-state index contributed by atoms with van der Waals surface area (Å²) in [5.41, 5.74) is 0. The first-order valence-electron chi connectivity index (χ1n) is 30.7. The van der Waals surface area contributed by atoms with Crippen LogP contribution in [0.2, 0.25) is 0 Å². The van der Waals surface area contributed by atoms with E-state index >= 15 is 0 Å². The third kappa shape index (κ3) is 53.4. The first-order valence-corrected chi connectivity index (χ1v) is 30.7. The van der Waals surface area contributed by atoms with Crippen LogP contribution in [-0.4, -0.2) is 46.9 Å². The van der Waals surface area contributed by atoms with Crippen molar-refractivity contribution in [3.63, 3.8) is 0 Å². The van der Waals surface area contributed by atoms with E-state index in [1.165, 1.54) is 180 Å². The number of carbonyl (C=O) groups is 2. The Labute approximate surface area is 441 Å². The minimum Gasteiger partial charge on any atom is -0.462 e. The van der Waals surface area contributed by atoms with Gasteiger partial charge in [0.15, 0.2) is 0 Å². The van der Waals surface area contributed by atoms with Gasteiger partial charge in [-0.1, -0.05) is 280 Å². The van der Waals surface area contributed by atoms with E-state index in [0.717, 1.165) is 77.0 Å². The topological polar surface area (TPSA) is 95.9 Å². The first-order chi connectivity index (χ1) is 35.0.